The highest BCUT2D eigenvalue weighted by Gasteiger charge is 2.19. The van der Waals surface area contributed by atoms with Crippen LogP contribution in [0, 0.1) is 11.8 Å². The molecular weight excluding hydrogens is 745 g/mol. The fraction of sp³-hybridized carbons (Fsp3) is 0.944. The number of esters is 3. The largest absolute Gasteiger partial charge is 0.462 e. The standard InChI is InChI=1S/C54H104O6/c1-6-7-8-9-10-22-29-34-39-44-52(55)58-47-51(60-54(57)46-41-36-31-26-21-17-19-24-28-33-38-43-50(4)5)48-59-53(56)45-40-35-30-25-20-16-14-12-11-13-15-18-23-27-32-37-42-49(2)3/h49-51H,6-48H2,1-5H3/t51-/m0/s1. The Balaban J connectivity index is 4.22. The first-order chi connectivity index (χ1) is 29.2. The number of hydrogen-bond acceptors (Lipinski definition) is 6. The molecule has 60 heavy (non-hydrogen) atoms. The maximum atomic E-state index is 12.8. The van der Waals surface area contributed by atoms with Gasteiger partial charge >= 0.3 is 17.9 Å². The molecule has 0 fully saturated rings. The van der Waals surface area contributed by atoms with Crippen molar-refractivity contribution in [2.45, 2.75) is 304 Å². The van der Waals surface area contributed by atoms with Gasteiger partial charge in [-0.3, -0.25) is 14.4 Å². The summed E-state index contributed by atoms with van der Waals surface area (Å²) in [5, 5.41) is 0. The van der Waals surface area contributed by atoms with Gasteiger partial charge in [0.05, 0.1) is 0 Å². The lowest BCUT2D eigenvalue weighted by Gasteiger charge is -2.18. The molecule has 6 nitrogen and oxygen atoms in total. The minimum absolute atomic E-state index is 0.0634. The summed E-state index contributed by atoms with van der Waals surface area (Å²) in [6, 6.07) is 0. The first kappa shape index (κ1) is 58.4. The Morgan fingerprint density at radius 3 is 0.817 bits per heavy atom. The Morgan fingerprint density at radius 1 is 0.317 bits per heavy atom. The van der Waals surface area contributed by atoms with Gasteiger partial charge in [0.25, 0.3) is 0 Å². The Hall–Kier alpha value is -1.59. The highest BCUT2D eigenvalue weighted by molar-refractivity contribution is 5.71. The fourth-order valence-electron chi connectivity index (χ4n) is 8.17. The van der Waals surface area contributed by atoms with Crippen molar-refractivity contribution in [2.24, 2.45) is 11.8 Å². The second-order valence-corrected chi connectivity index (χ2v) is 19.5. The van der Waals surface area contributed by atoms with Crippen molar-refractivity contribution in [2.75, 3.05) is 13.2 Å². The maximum absolute atomic E-state index is 12.8. The van der Waals surface area contributed by atoms with Gasteiger partial charge in [-0.05, 0) is 31.1 Å². The molecule has 1 atom stereocenters. The normalized spacial score (nSPS) is 12.1. The van der Waals surface area contributed by atoms with E-state index in [2.05, 4.69) is 34.6 Å². The van der Waals surface area contributed by atoms with E-state index < -0.39 is 6.10 Å². The topological polar surface area (TPSA) is 78.9 Å². The van der Waals surface area contributed by atoms with Crippen LogP contribution in [-0.4, -0.2) is 37.2 Å². The molecule has 0 amide bonds. The number of rotatable bonds is 48. The van der Waals surface area contributed by atoms with Crippen LogP contribution in [0.5, 0.6) is 0 Å². The van der Waals surface area contributed by atoms with Gasteiger partial charge in [-0.1, -0.05) is 259 Å². The summed E-state index contributed by atoms with van der Waals surface area (Å²) in [6.07, 6.45) is 48.1. The van der Waals surface area contributed by atoms with E-state index in [1.165, 1.54) is 186 Å². The SMILES string of the molecule is CCCCCCCCCCCC(=O)OC[C@@H](COC(=O)CCCCCCCCCCCCCCCCCCC(C)C)OC(=O)CCCCCCCCCCCCCC(C)C. The first-order valence-electron chi connectivity index (χ1n) is 26.7. The van der Waals surface area contributed by atoms with Crippen LogP contribution in [0.25, 0.3) is 0 Å². The van der Waals surface area contributed by atoms with Gasteiger partial charge in [0.1, 0.15) is 13.2 Å². The average molecular weight is 849 g/mol. The van der Waals surface area contributed by atoms with Crippen molar-refractivity contribution < 1.29 is 28.6 Å². The van der Waals surface area contributed by atoms with Crippen molar-refractivity contribution in [3.8, 4) is 0 Å². The highest BCUT2D eigenvalue weighted by atomic mass is 16.6. The summed E-state index contributed by atoms with van der Waals surface area (Å²) < 4.78 is 16.8. The molecule has 0 aromatic heterocycles. The molecule has 0 rings (SSSR count). The third kappa shape index (κ3) is 47.5. The van der Waals surface area contributed by atoms with Crippen LogP contribution in [-0.2, 0) is 28.6 Å². The molecule has 0 unspecified atom stereocenters. The lowest BCUT2D eigenvalue weighted by molar-refractivity contribution is -0.167. The van der Waals surface area contributed by atoms with Crippen LogP contribution in [0.15, 0.2) is 0 Å². The van der Waals surface area contributed by atoms with Crippen molar-refractivity contribution in [1.29, 1.82) is 0 Å². The second-order valence-electron chi connectivity index (χ2n) is 19.5. The summed E-state index contributed by atoms with van der Waals surface area (Å²) >= 11 is 0. The van der Waals surface area contributed by atoms with Crippen LogP contribution in [0.2, 0.25) is 0 Å². The molecule has 0 aliphatic carbocycles. The fourth-order valence-corrected chi connectivity index (χ4v) is 8.17. The number of carbonyl (C=O) groups is 3. The van der Waals surface area contributed by atoms with Gasteiger partial charge < -0.3 is 14.2 Å². The molecule has 0 aromatic carbocycles. The number of unbranched alkanes of at least 4 members (excludes halogenated alkanes) is 33. The van der Waals surface area contributed by atoms with Gasteiger partial charge in [-0.15, -0.1) is 0 Å². The predicted octanol–water partition coefficient (Wildman–Crippen LogP) is 17.3. The van der Waals surface area contributed by atoms with Gasteiger partial charge in [0, 0.05) is 19.3 Å². The van der Waals surface area contributed by atoms with Crippen LogP contribution >= 0.6 is 0 Å². The molecule has 0 heterocycles. The molecule has 0 aliphatic rings. The summed E-state index contributed by atoms with van der Waals surface area (Å²) in [5.74, 6) is 0.829. The number of carbonyl (C=O) groups excluding carboxylic acids is 3. The molecule has 0 N–H and O–H groups in total. The molecule has 0 aliphatic heterocycles. The number of ether oxygens (including phenoxy) is 3. The van der Waals surface area contributed by atoms with E-state index in [-0.39, 0.29) is 31.1 Å². The Bertz CT molecular complexity index is 916. The molecule has 6 heteroatoms. The van der Waals surface area contributed by atoms with E-state index in [9.17, 15) is 14.4 Å². The third-order valence-electron chi connectivity index (χ3n) is 12.2. The predicted molar refractivity (Wildman–Crippen MR) is 256 cm³/mol. The lowest BCUT2D eigenvalue weighted by Crippen LogP contribution is -2.30. The average Bonchev–Trinajstić information content (AvgIpc) is 3.22. The van der Waals surface area contributed by atoms with Gasteiger partial charge in [0.2, 0.25) is 0 Å². The van der Waals surface area contributed by atoms with E-state index in [0.717, 1.165) is 69.6 Å². The molecule has 0 bridgehead atoms. The summed E-state index contributed by atoms with van der Waals surface area (Å²) in [6.45, 7) is 11.4. The summed E-state index contributed by atoms with van der Waals surface area (Å²) in [7, 11) is 0. The summed E-state index contributed by atoms with van der Waals surface area (Å²) in [5.41, 5.74) is 0. The second kappa shape index (κ2) is 46.9. The zero-order valence-electron chi connectivity index (χ0n) is 41.1. The molecule has 0 saturated heterocycles. The zero-order chi connectivity index (χ0) is 44.0. The van der Waals surface area contributed by atoms with Crippen molar-refractivity contribution in [3.63, 3.8) is 0 Å². The van der Waals surface area contributed by atoms with Gasteiger partial charge in [-0.25, -0.2) is 0 Å². The molecule has 0 aromatic rings. The quantitative estimate of drug-likeness (QED) is 0.0345. The minimum atomic E-state index is -0.761. The first-order valence-corrected chi connectivity index (χ1v) is 26.7. The molecule has 356 valence electrons. The van der Waals surface area contributed by atoms with Gasteiger partial charge in [0.15, 0.2) is 6.10 Å². The van der Waals surface area contributed by atoms with Crippen LogP contribution < -0.4 is 0 Å². The minimum Gasteiger partial charge on any atom is -0.462 e. The van der Waals surface area contributed by atoms with Gasteiger partial charge in [-0.2, -0.15) is 0 Å². The third-order valence-corrected chi connectivity index (χ3v) is 12.2. The van der Waals surface area contributed by atoms with E-state index in [0.29, 0.717) is 19.3 Å². The lowest BCUT2D eigenvalue weighted by atomic mass is 10.0. The monoisotopic (exact) mass is 849 g/mol. The summed E-state index contributed by atoms with van der Waals surface area (Å²) in [4.78, 5) is 37.9. The molecule has 0 radical (unpaired) electrons. The smallest absolute Gasteiger partial charge is 0.306 e. The molecule has 0 spiro atoms. The van der Waals surface area contributed by atoms with Crippen molar-refractivity contribution >= 4 is 17.9 Å². The van der Waals surface area contributed by atoms with E-state index in [1.54, 1.807) is 0 Å². The Kier molecular flexibility index (Phi) is 45.7. The van der Waals surface area contributed by atoms with Crippen LogP contribution in [0.4, 0.5) is 0 Å². The zero-order valence-corrected chi connectivity index (χ0v) is 41.1. The number of hydrogen-bond donors (Lipinski definition) is 0. The van der Waals surface area contributed by atoms with E-state index in [1.807, 2.05) is 0 Å². The van der Waals surface area contributed by atoms with E-state index in [4.69, 9.17) is 14.2 Å². The molecule has 0 saturated carbocycles. The molecular formula is C54H104O6. The Labute approximate surface area is 374 Å². The van der Waals surface area contributed by atoms with Crippen molar-refractivity contribution in [1.82, 2.24) is 0 Å². The van der Waals surface area contributed by atoms with E-state index >= 15 is 0 Å². The van der Waals surface area contributed by atoms with Crippen molar-refractivity contribution in [3.05, 3.63) is 0 Å². The van der Waals surface area contributed by atoms with Crippen LogP contribution in [0.3, 0.4) is 0 Å². The van der Waals surface area contributed by atoms with Crippen LogP contribution in [0.1, 0.15) is 298 Å². The maximum Gasteiger partial charge on any atom is 0.306 e. The highest BCUT2D eigenvalue weighted by Crippen LogP contribution is 2.18. The Morgan fingerprint density at radius 2 is 0.550 bits per heavy atom.